The number of H-pyrrole nitrogens is 1. The summed E-state index contributed by atoms with van der Waals surface area (Å²) in [5.41, 5.74) is 0.671. The number of rotatable bonds is 7. The Morgan fingerprint density at radius 2 is 2.00 bits per heavy atom. The topological polar surface area (TPSA) is 121 Å². The first-order valence-corrected chi connectivity index (χ1v) is 11.0. The van der Waals surface area contributed by atoms with Crippen molar-refractivity contribution in [2.24, 2.45) is 0 Å². The third-order valence-corrected chi connectivity index (χ3v) is 5.86. The second-order valence-corrected chi connectivity index (χ2v) is 8.13. The Balaban J connectivity index is 1.27. The summed E-state index contributed by atoms with van der Waals surface area (Å²) in [5, 5.41) is 18.7. The van der Waals surface area contributed by atoms with Gasteiger partial charge in [-0.2, -0.15) is 0 Å². The number of aromatic nitrogens is 3. The number of nitrogens with zero attached hydrogens (tertiary/aromatic N) is 5. The fraction of sp³-hybridized carbons (Fsp3) is 0.286. The van der Waals surface area contributed by atoms with Gasteiger partial charge in [-0.1, -0.05) is 23.9 Å². The third kappa shape index (κ3) is 5.17. The van der Waals surface area contributed by atoms with Gasteiger partial charge in [-0.3, -0.25) is 20.0 Å². The lowest BCUT2D eigenvalue weighted by Gasteiger charge is -2.35. The molecule has 11 heteroatoms. The van der Waals surface area contributed by atoms with Crippen LogP contribution >= 0.6 is 11.8 Å². The Labute approximate surface area is 188 Å². The largest absolute Gasteiger partial charge is 0.462 e. The SMILES string of the molecule is Cc1ccc(/C=C/c2nc(SCC(=O)N3CCN(c4ccccc4[N+](=O)[O-])CC3)n[nH]2)o1. The number of anilines is 1. The number of nitro benzene ring substituents is 1. The molecule has 4 rings (SSSR count). The van der Waals surface area contributed by atoms with Crippen molar-refractivity contribution in [3.05, 3.63) is 63.9 Å². The average Bonchev–Trinajstić information content (AvgIpc) is 3.44. The second-order valence-electron chi connectivity index (χ2n) is 7.19. The summed E-state index contributed by atoms with van der Waals surface area (Å²) in [6.07, 6.45) is 3.56. The van der Waals surface area contributed by atoms with Crippen molar-refractivity contribution in [1.82, 2.24) is 20.1 Å². The Hall–Kier alpha value is -3.60. The third-order valence-electron chi connectivity index (χ3n) is 5.03. The molecular formula is C21H22N6O4S. The minimum atomic E-state index is -0.376. The lowest BCUT2D eigenvalue weighted by atomic mass is 10.2. The summed E-state index contributed by atoms with van der Waals surface area (Å²) in [4.78, 5) is 31.6. The smallest absolute Gasteiger partial charge is 0.292 e. The van der Waals surface area contributed by atoms with Gasteiger partial charge in [0.2, 0.25) is 11.1 Å². The Morgan fingerprint density at radius 3 is 2.72 bits per heavy atom. The lowest BCUT2D eigenvalue weighted by molar-refractivity contribution is -0.384. The number of aryl methyl sites for hydroxylation is 1. The molecule has 1 amide bonds. The number of piperazine rings is 1. The number of hydrogen-bond donors (Lipinski definition) is 1. The summed E-state index contributed by atoms with van der Waals surface area (Å²) in [6.45, 7) is 3.99. The normalized spacial score (nSPS) is 14.3. The van der Waals surface area contributed by atoms with Gasteiger partial charge in [-0.05, 0) is 37.3 Å². The summed E-state index contributed by atoms with van der Waals surface area (Å²) in [7, 11) is 0. The van der Waals surface area contributed by atoms with Crippen molar-refractivity contribution < 1.29 is 14.1 Å². The molecule has 1 saturated heterocycles. The number of para-hydroxylation sites is 2. The molecule has 1 N–H and O–H groups in total. The Bertz CT molecular complexity index is 1130. The summed E-state index contributed by atoms with van der Waals surface area (Å²) >= 11 is 1.27. The molecule has 1 fully saturated rings. The highest BCUT2D eigenvalue weighted by molar-refractivity contribution is 7.99. The zero-order chi connectivity index (χ0) is 22.5. The molecule has 166 valence electrons. The van der Waals surface area contributed by atoms with Crippen LogP contribution in [0.15, 0.2) is 46.0 Å². The molecule has 0 unspecified atom stereocenters. The van der Waals surface area contributed by atoms with E-state index in [1.807, 2.05) is 24.0 Å². The van der Waals surface area contributed by atoms with E-state index in [1.165, 1.54) is 17.8 Å². The maximum absolute atomic E-state index is 12.6. The van der Waals surface area contributed by atoms with Crippen LogP contribution in [0.3, 0.4) is 0 Å². The molecule has 32 heavy (non-hydrogen) atoms. The zero-order valence-corrected chi connectivity index (χ0v) is 18.2. The van der Waals surface area contributed by atoms with Gasteiger partial charge >= 0.3 is 0 Å². The molecule has 1 aromatic carbocycles. The van der Waals surface area contributed by atoms with Gasteiger partial charge in [0.25, 0.3) is 5.69 Å². The zero-order valence-electron chi connectivity index (χ0n) is 17.4. The average molecular weight is 455 g/mol. The number of furan rings is 1. The summed E-state index contributed by atoms with van der Waals surface area (Å²) < 4.78 is 5.47. The lowest BCUT2D eigenvalue weighted by Crippen LogP contribution is -2.49. The first kappa shape index (κ1) is 21.6. The van der Waals surface area contributed by atoms with E-state index in [1.54, 1.807) is 35.3 Å². The van der Waals surface area contributed by atoms with Crippen LogP contribution in [-0.4, -0.2) is 62.8 Å². The molecule has 0 atom stereocenters. The van der Waals surface area contributed by atoms with Crippen molar-refractivity contribution >= 4 is 41.2 Å². The number of thioether (sulfide) groups is 1. The quantitative estimate of drug-likeness (QED) is 0.328. The van der Waals surface area contributed by atoms with E-state index < -0.39 is 0 Å². The van der Waals surface area contributed by atoms with Crippen LogP contribution in [0, 0.1) is 17.0 Å². The molecule has 1 aliphatic heterocycles. The van der Waals surface area contributed by atoms with Crippen LogP contribution in [0.1, 0.15) is 17.3 Å². The van der Waals surface area contributed by atoms with Gasteiger partial charge in [0.1, 0.15) is 23.0 Å². The number of amides is 1. The number of carbonyl (C=O) groups excluding carboxylic acids is 1. The van der Waals surface area contributed by atoms with Crippen molar-refractivity contribution in [3.8, 4) is 0 Å². The highest BCUT2D eigenvalue weighted by Gasteiger charge is 2.25. The molecule has 0 saturated carbocycles. The fourth-order valence-electron chi connectivity index (χ4n) is 3.40. The first-order chi connectivity index (χ1) is 15.5. The molecule has 0 spiro atoms. The van der Waals surface area contributed by atoms with E-state index in [2.05, 4.69) is 15.2 Å². The van der Waals surface area contributed by atoms with Gasteiger partial charge in [0.05, 0.1) is 10.7 Å². The van der Waals surface area contributed by atoms with E-state index in [9.17, 15) is 14.9 Å². The van der Waals surface area contributed by atoms with Gasteiger partial charge in [0, 0.05) is 32.2 Å². The van der Waals surface area contributed by atoms with Gasteiger partial charge in [-0.25, -0.2) is 4.98 Å². The van der Waals surface area contributed by atoms with E-state index in [-0.39, 0.29) is 22.3 Å². The van der Waals surface area contributed by atoms with Crippen molar-refractivity contribution in [3.63, 3.8) is 0 Å². The van der Waals surface area contributed by atoms with Crippen molar-refractivity contribution in [2.75, 3.05) is 36.8 Å². The molecule has 2 aromatic heterocycles. The predicted octanol–water partition coefficient (Wildman–Crippen LogP) is 3.23. The van der Waals surface area contributed by atoms with Crippen LogP contribution in [0.25, 0.3) is 12.2 Å². The monoisotopic (exact) mass is 454 g/mol. The van der Waals surface area contributed by atoms with Gasteiger partial charge in [0.15, 0.2) is 0 Å². The molecule has 1 aliphatic rings. The van der Waals surface area contributed by atoms with Crippen LogP contribution in [-0.2, 0) is 4.79 Å². The van der Waals surface area contributed by atoms with Crippen molar-refractivity contribution in [1.29, 1.82) is 0 Å². The number of nitro groups is 1. The molecule has 0 aliphatic carbocycles. The standard InChI is InChI=1S/C21H22N6O4S/c1-15-6-7-16(31-15)8-9-19-22-21(24-23-19)32-14-20(28)26-12-10-25(11-13-26)17-4-2-3-5-18(17)27(29)30/h2-9H,10-14H2,1H3,(H,22,23,24)/b9-8+. The molecule has 0 radical (unpaired) electrons. The van der Waals surface area contributed by atoms with Crippen LogP contribution in [0.4, 0.5) is 11.4 Å². The minimum Gasteiger partial charge on any atom is -0.462 e. The Kier molecular flexibility index (Phi) is 6.55. The second kappa shape index (κ2) is 9.69. The molecule has 3 heterocycles. The first-order valence-electron chi connectivity index (χ1n) is 10.1. The molecule has 10 nitrogen and oxygen atoms in total. The van der Waals surface area contributed by atoms with E-state index >= 15 is 0 Å². The number of hydrogen-bond acceptors (Lipinski definition) is 8. The highest BCUT2D eigenvalue weighted by Crippen LogP contribution is 2.28. The molecular weight excluding hydrogens is 432 g/mol. The van der Waals surface area contributed by atoms with E-state index in [4.69, 9.17) is 4.42 Å². The van der Waals surface area contributed by atoms with Crippen molar-refractivity contribution in [2.45, 2.75) is 12.1 Å². The number of benzene rings is 1. The van der Waals surface area contributed by atoms with Crippen LogP contribution in [0.2, 0.25) is 0 Å². The number of carbonyl (C=O) groups is 1. The van der Waals surface area contributed by atoms with Gasteiger partial charge < -0.3 is 14.2 Å². The maximum Gasteiger partial charge on any atom is 0.292 e. The van der Waals surface area contributed by atoms with Gasteiger partial charge in [-0.15, -0.1) is 5.10 Å². The number of aromatic amines is 1. The summed E-state index contributed by atoms with van der Waals surface area (Å²) in [5.74, 6) is 2.35. The number of nitrogens with one attached hydrogen (secondary N) is 1. The Morgan fingerprint density at radius 1 is 1.22 bits per heavy atom. The van der Waals surface area contributed by atoms with E-state index in [0.717, 1.165) is 11.5 Å². The predicted molar refractivity (Wildman–Crippen MR) is 121 cm³/mol. The van der Waals surface area contributed by atoms with Crippen LogP contribution < -0.4 is 4.90 Å². The van der Waals surface area contributed by atoms with E-state index in [0.29, 0.717) is 42.8 Å². The highest BCUT2D eigenvalue weighted by atomic mass is 32.2. The maximum atomic E-state index is 12.6. The minimum absolute atomic E-state index is 0.00911. The van der Waals surface area contributed by atoms with Crippen LogP contribution in [0.5, 0.6) is 0 Å². The summed E-state index contributed by atoms with van der Waals surface area (Å²) in [6, 6.07) is 10.4. The fourth-order valence-corrected chi connectivity index (χ4v) is 4.11. The molecule has 0 bridgehead atoms. The molecule has 3 aromatic rings.